The van der Waals surface area contributed by atoms with Gasteiger partial charge in [0.05, 0.1) is 13.2 Å². The molecule has 1 rings (SSSR count). The second-order valence-electron chi connectivity index (χ2n) is 11.3. The van der Waals surface area contributed by atoms with Crippen molar-refractivity contribution in [3.05, 3.63) is 0 Å². The number of nitrogens with zero attached hydrogens (tertiary/aromatic N) is 4. The maximum Gasteiger partial charge on any atom is 0.323 e. The molecule has 0 aromatic heterocycles. The van der Waals surface area contributed by atoms with E-state index in [2.05, 4.69) is 26.5 Å². The Morgan fingerprint density at radius 2 is 1.14 bits per heavy atom. The molecule has 0 aliphatic carbocycles. The summed E-state index contributed by atoms with van der Waals surface area (Å²) >= 11 is 0. The molecule has 1 fully saturated rings. The van der Waals surface area contributed by atoms with Crippen molar-refractivity contribution in [1.82, 2.24) is 19.6 Å². The van der Waals surface area contributed by atoms with Crippen LogP contribution in [0.25, 0.3) is 0 Å². The lowest BCUT2D eigenvalue weighted by atomic mass is 9.97. The number of carboxylic acid groups (broad SMARTS) is 2. The molecule has 12 nitrogen and oxygen atoms in total. The molecule has 1 heterocycles. The monoisotopic (exact) mass is 534 g/mol. The van der Waals surface area contributed by atoms with E-state index in [0.717, 1.165) is 0 Å². The quantitative estimate of drug-likeness (QED) is 0.240. The molecule has 7 unspecified atom stereocenters. The van der Waals surface area contributed by atoms with Crippen LogP contribution in [0.2, 0.25) is 0 Å². The van der Waals surface area contributed by atoms with Gasteiger partial charge < -0.3 is 10.2 Å². The van der Waals surface area contributed by atoms with Gasteiger partial charge in [-0.1, -0.05) is 0 Å². The predicted molar refractivity (Wildman–Crippen MR) is 140 cm³/mol. The summed E-state index contributed by atoms with van der Waals surface area (Å²) < 4.78 is 0. The maximum atomic E-state index is 12.3. The lowest BCUT2D eigenvalue weighted by Crippen LogP contribution is -2.64. The van der Waals surface area contributed by atoms with Crippen LogP contribution in [-0.2, 0) is 19.4 Å². The van der Waals surface area contributed by atoms with Gasteiger partial charge in [-0.05, 0) is 62.3 Å². The zero-order valence-electron chi connectivity index (χ0n) is 24.0. The third-order valence-electron chi connectivity index (χ3n) is 7.98. The van der Waals surface area contributed by atoms with Gasteiger partial charge in [-0.3, -0.25) is 39.7 Å². The number of aliphatic carboxylic acids is 2. The Hall–Kier alpha value is -1.38. The highest BCUT2D eigenvalue weighted by molar-refractivity contribution is 5.77. The van der Waals surface area contributed by atoms with Gasteiger partial charge in [-0.2, -0.15) is 0 Å². The third-order valence-corrected chi connectivity index (χ3v) is 7.98. The molecule has 0 spiro atoms. The summed E-state index contributed by atoms with van der Waals surface area (Å²) in [7, 11) is 0. The summed E-state index contributed by atoms with van der Waals surface area (Å²) in [5, 5.41) is 38.3. The van der Waals surface area contributed by atoms with Crippen LogP contribution < -0.4 is 0 Å². The number of carboxylic acids is 2. The van der Waals surface area contributed by atoms with Gasteiger partial charge in [0.2, 0.25) is 0 Å². The number of carbonyl (C=O) groups is 2. The summed E-state index contributed by atoms with van der Waals surface area (Å²) in [5.41, 5.74) is -1.20. The molecule has 0 bridgehead atoms. The second-order valence-corrected chi connectivity index (χ2v) is 11.3. The molecule has 1 saturated heterocycles. The fraction of sp³-hybridized carbons (Fsp3) is 0.920. The molecule has 218 valence electrons. The first-order chi connectivity index (χ1) is 17.1. The van der Waals surface area contributed by atoms with E-state index >= 15 is 0 Å². The number of hydrogen-bond acceptors (Lipinski definition) is 10. The largest absolute Gasteiger partial charge is 0.480 e. The van der Waals surface area contributed by atoms with Crippen molar-refractivity contribution in [2.45, 2.75) is 110 Å². The third kappa shape index (κ3) is 8.82. The molecule has 1 aliphatic heterocycles. The van der Waals surface area contributed by atoms with Crippen molar-refractivity contribution in [3.63, 3.8) is 0 Å². The smallest absolute Gasteiger partial charge is 0.323 e. The lowest BCUT2D eigenvalue weighted by Gasteiger charge is -2.49. The molecule has 0 radical (unpaired) electrons. The van der Waals surface area contributed by atoms with Crippen LogP contribution in [0.4, 0.5) is 0 Å². The fourth-order valence-corrected chi connectivity index (χ4v) is 5.55. The Morgan fingerprint density at radius 3 is 1.51 bits per heavy atom. The van der Waals surface area contributed by atoms with Crippen molar-refractivity contribution in [2.75, 3.05) is 39.4 Å². The van der Waals surface area contributed by atoms with Crippen LogP contribution in [0, 0.1) is 0 Å². The summed E-state index contributed by atoms with van der Waals surface area (Å²) in [6.45, 7) is 18.9. The first kappa shape index (κ1) is 33.6. The van der Waals surface area contributed by atoms with Crippen molar-refractivity contribution < 1.29 is 40.1 Å². The minimum absolute atomic E-state index is 0.0480. The average Bonchev–Trinajstić information content (AvgIpc) is 2.80. The molecule has 0 aromatic carbocycles. The van der Waals surface area contributed by atoms with Crippen LogP contribution in [0.3, 0.4) is 0 Å². The van der Waals surface area contributed by atoms with Crippen molar-refractivity contribution >= 4 is 11.9 Å². The Kier molecular flexibility index (Phi) is 13.4. The summed E-state index contributed by atoms with van der Waals surface area (Å²) in [6, 6.07) is -1.76. The van der Waals surface area contributed by atoms with Crippen LogP contribution >= 0.6 is 0 Å². The molecule has 7 atom stereocenters. The number of rotatable bonds is 10. The van der Waals surface area contributed by atoms with E-state index in [9.17, 15) is 25.1 Å². The SMILES string of the molecule is CC(COO)N1CC(C)N(C(C)COO)CC(C)N(C(C)(C)C(=O)O)CC(C)N(C(C)C(=O)O)CC1C. The molecule has 0 saturated carbocycles. The van der Waals surface area contributed by atoms with E-state index in [4.69, 9.17) is 5.26 Å². The highest BCUT2D eigenvalue weighted by Crippen LogP contribution is 2.25. The van der Waals surface area contributed by atoms with Crippen molar-refractivity contribution in [2.24, 2.45) is 0 Å². The fourth-order valence-electron chi connectivity index (χ4n) is 5.55. The van der Waals surface area contributed by atoms with Gasteiger partial charge in [-0.25, -0.2) is 9.78 Å². The minimum Gasteiger partial charge on any atom is -0.480 e. The first-order valence-corrected chi connectivity index (χ1v) is 13.1. The van der Waals surface area contributed by atoms with Crippen LogP contribution in [-0.4, -0.2) is 139 Å². The van der Waals surface area contributed by atoms with E-state index in [0.29, 0.717) is 26.2 Å². The topological polar surface area (TPSA) is 146 Å². The van der Waals surface area contributed by atoms with E-state index in [1.807, 2.05) is 44.4 Å². The highest BCUT2D eigenvalue weighted by atomic mass is 17.1. The van der Waals surface area contributed by atoms with Gasteiger partial charge in [0.1, 0.15) is 11.6 Å². The standard InChI is InChI=1S/C25H50N4O8/c1-16-10-26(20(5)14-36-34)17(2)11-28(22(7)23(30)31)18(3)13-29(25(8,9)24(32)33)19(4)12-27(16)21(6)15-37-35/h16-22,34-35H,10-15H2,1-9H3,(H,30,31)(H,32,33). The first-order valence-electron chi connectivity index (χ1n) is 13.1. The van der Waals surface area contributed by atoms with E-state index in [1.54, 1.807) is 20.8 Å². The molecular formula is C25H50N4O8. The van der Waals surface area contributed by atoms with Crippen LogP contribution in [0.1, 0.15) is 62.3 Å². The molecule has 12 heteroatoms. The Balaban J connectivity index is 3.64. The number of hydrogen-bond donors (Lipinski definition) is 4. The zero-order valence-corrected chi connectivity index (χ0v) is 24.0. The van der Waals surface area contributed by atoms with Crippen molar-refractivity contribution in [1.29, 1.82) is 0 Å². The normalized spacial score (nSPS) is 29.2. The van der Waals surface area contributed by atoms with Gasteiger partial charge in [-0.15, -0.1) is 0 Å². The predicted octanol–water partition coefficient (Wildman–Crippen LogP) is 1.85. The summed E-state index contributed by atoms with van der Waals surface area (Å²) in [6.07, 6.45) is 0. The average molecular weight is 535 g/mol. The van der Waals surface area contributed by atoms with Gasteiger partial charge in [0.25, 0.3) is 0 Å². The van der Waals surface area contributed by atoms with Crippen molar-refractivity contribution in [3.8, 4) is 0 Å². The van der Waals surface area contributed by atoms with Crippen LogP contribution in [0.15, 0.2) is 0 Å². The van der Waals surface area contributed by atoms with Crippen LogP contribution in [0.5, 0.6) is 0 Å². The van der Waals surface area contributed by atoms with Gasteiger partial charge in [0, 0.05) is 62.4 Å². The molecule has 0 amide bonds. The summed E-state index contributed by atoms with van der Waals surface area (Å²) in [4.78, 5) is 41.6. The van der Waals surface area contributed by atoms with E-state index < -0.39 is 23.5 Å². The zero-order chi connectivity index (χ0) is 28.7. The second kappa shape index (κ2) is 14.7. The minimum atomic E-state index is -1.20. The molecule has 4 N–H and O–H groups in total. The van der Waals surface area contributed by atoms with E-state index in [1.165, 1.54) is 0 Å². The molecule has 1 aliphatic rings. The highest BCUT2D eigenvalue weighted by Gasteiger charge is 2.42. The Labute approximate surface area is 221 Å². The molecule has 0 aromatic rings. The van der Waals surface area contributed by atoms with E-state index in [-0.39, 0.29) is 49.5 Å². The van der Waals surface area contributed by atoms with Gasteiger partial charge >= 0.3 is 11.9 Å². The van der Waals surface area contributed by atoms with Gasteiger partial charge in [0.15, 0.2) is 0 Å². The Morgan fingerprint density at radius 1 is 0.757 bits per heavy atom. The maximum absolute atomic E-state index is 12.3. The Bertz CT molecular complexity index is 727. The molecule has 37 heavy (non-hydrogen) atoms. The summed E-state index contributed by atoms with van der Waals surface area (Å²) in [5.74, 6) is -1.90. The molecular weight excluding hydrogens is 484 g/mol. The lowest BCUT2D eigenvalue weighted by molar-refractivity contribution is -0.254.